The second kappa shape index (κ2) is 11.2. The van der Waals surface area contributed by atoms with Crippen LogP contribution in [-0.2, 0) is 14.3 Å². The molecule has 2 heterocycles. The molecule has 0 bridgehead atoms. The number of aliphatic hydroxyl groups is 1. The summed E-state index contributed by atoms with van der Waals surface area (Å²) < 4.78 is 11.0. The van der Waals surface area contributed by atoms with E-state index in [1.165, 1.54) is 0 Å². The van der Waals surface area contributed by atoms with Gasteiger partial charge >= 0.3 is 0 Å². The first-order valence-corrected chi connectivity index (χ1v) is 12.4. The summed E-state index contributed by atoms with van der Waals surface area (Å²) in [7, 11) is 0. The van der Waals surface area contributed by atoms with Gasteiger partial charge in [0.05, 0.1) is 31.4 Å². The van der Waals surface area contributed by atoms with E-state index in [1.807, 2.05) is 19.9 Å². The van der Waals surface area contributed by atoms with E-state index in [9.17, 15) is 14.7 Å². The van der Waals surface area contributed by atoms with Crippen LogP contribution in [0.5, 0.6) is 5.75 Å². The quantitative estimate of drug-likeness (QED) is 0.334. The zero-order valence-electron chi connectivity index (χ0n) is 20.1. The molecule has 2 aliphatic heterocycles. The van der Waals surface area contributed by atoms with Gasteiger partial charge in [0.2, 0.25) is 0 Å². The number of nitrogens with zero attached hydrogens (tertiary/aromatic N) is 2. The summed E-state index contributed by atoms with van der Waals surface area (Å²) in [5, 5.41) is 11.9. The molecule has 0 unspecified atom stereocenters. The summed E-state index contributed by atoms with van der Waals surface area (Å²) in [6.07, 6.45) is 0.708. The van der Waals surface area contributed by atoms with E-state index in [-0.39, 0.29) is 11.3 Å². The zero-order valence-corrected chi connectivity index (χ0v) is 20.9. The van der Waals surface area contributed by atoms with E-state index in [2.05, 4.69) is 4.90 Å². The number of benzene rings is 2. The van der Waals surface area contributed by atoms with E-state index < -0.39 is 17.7 Å². The second-order valence-electron chi connectivity index (χ2n) is 8.76. The maximum Gasteiger partial charge on any atom is 0.295 e. The largest absolute Gasteiger partial charge is 0.507 e. The molecule has 4 rings (SSSR count). The fraction of sp³-hybridized carbons (Fsp3) is 0.407. The molecule has 0 saturated carbocycles. The minimum absolute atomic E-state index is 0.0935. The maximum absolute atomic E-state index is 13.2. The maximum atomic E-state index is 13.2. The van der Waals surface area contributed by atoms with Crippen LogP contribution >= 0.6 is 11.6 Å². The molecule has 2 aromatic rings. The summed E-state index contributed by atoms with van der Waals surface area (Å²) >= 11 is 6.10. The lowest BCUT2D eigenvalue weighted by Crippen LogP contribution is -2.38. The monoisotopic (exact) mass is 498 g/mol. The number of likely N-dealkylation sites (tertiary alicyclic amines) is 1. The summed E-state index contributed by atoms with van der Waals surface area (Å²) in [6, 6.07) is 11.6. The molecule has 2 aromatic carbocycles. The van der Waals surface area contributed by atoms with Crippen LogP contribution < -0.4 is 4.74 Å². The number of aliphatic hydroxyl groups excluding tert-OH is 1. The van der Waals surface area contributed by atoms with Gasteiger partial charge < -0.3 is 19.5 Å². The van der Waals surface area contributed by atoms with Gasteiger partial charge in [-0.15, -0.1) is 0 Å². The Morgan fingerprint density at radius 2 is 1.83 bits per heavy atom. The highest BCUT2D eigenvalue weighted by Crippen LogP contribution is 2.40. The molecule has 8 heteroatoms. The minimum Gasteiger partial charge on any atom is -0.507 e. The van der Waals surface area contributed by atoms with Crippen molar-refractivity contribution in [1.29, 1.82) is 0 Å². The van der Waals surface area contributed by atoms with Crippen molar-refractivity contribution in [3.05, 3.63) is 69.8 Å². The fourth-order valence-corrected chi connectivity index (χ4v) is 4.82. The molecular weight excluding hydrogens is 468 g/mol. The molecule has 2 saturated heterocycles. The number of ether oxygens (including phenoxy) is 2. The molecule has 2 fully saturated rings. The Hall–Kier alpha value is -2.87. The molecule has 186 valence electrons. The predicted molar refractivity (Wildman–Crippen MR) is 135 cm³/mol. The van der Waals surface area contributed by atoms with Crippen LogP contribution in [-0.4, -0.2) is 72.6 Å². The van der Waals surface area contributed by atoms with Gasteiger partial charge in [-0.3, -0.25) is 14.5 Å². The molecule has 2 aliphatic rings. The summed E-state index contributed by atoms with van der Waals surface area (Å²) in [6.45, 7) is 8.59. The van der Waals surface area contributed by atoms with E-state index in [4.69, 9.17) is 21.1 Å². The Morgan fingerprint density at radius 1 is 1.11 bits per heavy atom. The predicted octanol–water partition coefficient (Wildman–Crippen LogP) is 4.19. The van der Waals surface area contributed by atoms with Crippen molar-refractivity contribution in [2.45, 2.75) is 26.3 Å². The molecule has 1 N–H and O–H groups in total. The summed E-state index contributed by atoms with van der Waals surface area (Å²) in [5.74, 6) is -0.780. The number of ketones is 1. The number of aryl methyl sites for hydroxylation is 1. The molecule has 1 atom stereocenters. The van der Waals surface area contributed by atoms with Crippen LogP contribution in [0.2, 0.25) is 5.02 Å². The third-order valence-electron chi connectivity index (χ3n) is 6.47. The van der Waals surface area contributed by atoms with Crippen LogP contribution in [0.1, 0.15) is 36.1 Å². The van der Waals surface area contributed by atoms with Crippen molar-refractivity contribution >= 4 is 29.1 Å². The zero-order chi connectivity index (χ0) is 24.9. The van der Waals surface area contributed by atoms with Crippen molar-refractivity contribution in [3.8, 4) is 5.75 Å². The Morgan fingerprint density at radius 3 is 2.49 bits per heavy atom. The average molecular weight is 499 g/mol. The van der Waals surface area contributed by atoms with Gasteiger partial charge in [-0.1, -0.05) is 23.7 Å². The fourth-order valence-electron chi connectivity index (χ4n) is 4.70. The number of rotatable bonds is 8. The van der Waals surface area contributed by atoms with Gasteiger partial charge in [0.25, 0.3) is 11.7 Å². The first-order chi connectivity index (χ1) is 16.9. The van der Waals surface area contributed by atoms with Gasteiger partial charge in [0.15, 0.2) is 0 Å². The Bertz CT molecular complexity index is 1110. The third-order valence-corrected chi connectivity index (χ3v) is 6.72. The lowest BCUT2D eigenvalue weighted by atomic mass is 9.94. The number of carbonyl (C=O) groups is 2. The standard InChI is InChI=1S/C27H31ClN2O5/c1-3-35-21-9-10-22(18(2)17-21)25(31)23-24(19-5-7-20(28)8-6-19)30(27(33)26(23)32)12-4-11-29-13-15-34-16-14-29/h5-10,17,24,31H,3-4,11-16H2,1-2H3/t24-/m1/s1. The molecule has 35 heavy (non-hydrogen) atoms. The van der Waals surface area contributed by atoms with Crippen molar-refractivity contribution in [3.63, 3.8) is 0 Å². The topological polar surface area (TPSA) is 79.3 Å². The van der Waals surface area contributed by atoms with Crippen molar-refractivity contribution in [2.75, 3.05) is 46.0 Å². The second-order valence-corrected chi connectivity index (χ2v) is 9.20. The van der Waals surface area contributed by atoms with Gasteiger partial charge in [-0.2, -0.15) is 0 Å². The first kappa shape index (κ1) is 25.2. The van der Waals surface area contributed by atoms with Crippen LogP contribution in [0.4, 0.5) is 0 Å². The number of carbonyl (C=O) groups excluding carboxylic acids is 2. The molecule has 7 nitrogen and oxygen atoms in total. The van der Waals surface area contributed by atoms with E-state index in [0.29, 0.717) is 49.1 Å². The van der Waals surface area contributed by atoms with Crippen molar-refractivity contribution in [1.82, 2.24) is 9.80 Å². The highest BCUT2D eigenvalue weighted by Gasteiger charge is 2.46. The number of amides is 1. The number of hydrogen-bond acceptors (Lipinski definition) is 6. The van der Waals surface area contributed by atoms with Gasteiger partial charge in [-0.05, 0) is 61.7 Å². The Kier molecular flexibility index (Phi) is 8.11. The third kappa shape index (κ3) is 5.53. The SMILES string of the molecule is CCOc1ccc(C(O)=C2C(=O)C(=O)N(CCCN3CCOCC3)[C@@H]2c2ccc(Cl)cc2)c(C)c1. The smallest absolute Gasteiger partial charge is 0.295 e. The van der Waals surface area contributed by atoms with Crippen molar-refractivity contribution < 1.29 is 24.2 Å². The van der Waals surface area contributed by atoms with Gasteiger partial charge in [-0.25, -0.2) is 0 Å². The highest BCUT2D eigenvalue weighted by atomic mass is 35.5. The van der Waals surface area contributed by atoms with Crippen molar-refractivity contribution in [2.24, 2.45) is 0 Å². The molecule has 1 amide bonds. The lowest BCUT2D eigenvalue weighted by Gasteiger charge is -2.29. The normalized spacial score (nSPS) is 20.4. The molecule has 0 aliphatic carbocycles. The van der Waals surface area contributed by atoms with E-state index in [1.54, 1.807) is 41.3 Å². The van der Waals surface area contributed by atoms with E-state index in [0.717, 1.165) is 30.8 Å². The number of Topliss-reactive ketones (excluding diaryl/α,β-unsaturated/α-hetero) is 1. The van der Waals surface area contributed by atoms with Crippen LogP contribution in [0, 0.1) is 6.92 Å². The van der Waals surface area contributed by atoms with Gasteiger partial charge in [0, 0.05) is 36.8 Å². The molecule has 0 radical (unpaired) electrons. The van der Waals surface area contributed by atoms with E-state index >= 15 is 0 Å². The first-order valence-electron chi connectivity index (χ1n) is 12.0. The molecule has 0 spiro atoms. The number of hydrogen-bond donors (Lipinski definition) is 1. The average Bonchev–Trinajstić information content (AvgIpc) is 3.10. The highest BCUT2D eigenvalue weighted by molar-refractivity contribution is 6.46. The van der Waals surface area contributed by atoms with Crippen LogP contribution in [0.25, 0.3) is 5.76 Å². The van der Waals surface area contributed by atoms with Crippen LogP contribution in [0.3, 0.4) is 0 Å². The number of morpholine rings is 1. The molecule has 0 aromatic heterocycles. The van der Waals surface area contributed by atoms with Crippen LogP contribution in [0.15, 0.2) is 48.0 Å². The van der Waals surface area contributed by atoms with Gasteiger partial charge in [0.1, 0.15) is 11.5 Å². The summed E-state index contributed by atoms with van der Waals surface area (Å²) in [5.41, 5.74) is 2.07. The lowest BCUT2D eigenvalue weighted by molar-refractivity contribution is -0.140. The minimum atomic E-state index is -0.692. The number of halogens is 1. The summed E-state index contributed by atoms with van der Waals surface area (Å²) in [4.78, 5) is 30.3. The molecular formula is C27H31ClN2O5. The Balaban J connectivity index is 1.68. The Labute approximate surface area is 210 Å².